The highest BCUT2D eigenvalue weighted by molar-refractivity contribution is 6.05. The first-order valence-electron chi connectivity index (χ1n) is 11.3. The number of methoxy groups -OCH3 is 3. The van der Waals surface area contributed by atoms with E-state index in [1.165, 1.54) is 13.0 Å². The third kappa shape index (κ3) is 4.95. The lowest BCUT2D eigenvalue weighted by molar-refractivity contribution is -0.111. The molecule has 0 spiro atoms. The van der Waals surface area contributed by atoms with Crippen LogP contribution >= 0.6 is 0 Å². The van der Waals surface area contributed by atoms with Gasteiger partial charge in [-0.3, -0.25) is 9.59 Å². The van der Waals surface area contributed by atoms with Crippen LogP contribution in [0.3, 0.4) is 0 Å². The number of carbonyl (C=O) groups excluding carboxylic acids is 2. The number of ketones is 1. The Labute approximate surface area is 209 Å². The second kappa shape index (κ2) is 10.4. The quantitative estimate of drug-likeness (QED) is 0.230. The van der Waals surface area contributed by atoms with Gasteiger partial charge in [-0.25, -0.2) is 0 Å². The zero-order chi connectivity index (χ0) is 25.8. The second-order valence-electron chi connectivity index (χ2n) is 8.22. The first-order chi connectivity index (χ1) is 17.3. The van der Waals surface area contributed by atoms with E-state index in [2.05, 4.69) is 5.32 Å². The number of ether oxygens (including phenoxy) is 3. The van der Waals surface area contributed by atoms with Crippen molar-refractivity contribution in [2.45, 2.75) is 13.8 Å². The van der Waals surface area contributed by atoms with Gasteiger partial charge in [-0.15, -0.1) is 0 Å². The predicted octanol–water partition coefficient (Wildman–Crippen LogP) is 6.37. The number of carbonyl (C=O) groups is 2. The summed E-state index contributed by atoms with van der Waals surface area (Å²) in [7, 11) is 4.76. The van der Waals surface area contributed by atoms with Crippen molar-refractivity contribution in [3.63, 3.8) is 0 Å². The number of Topliss-reactive ketones (excluding diaryl/α,β-unsaturated/α-hetero) is 1. The van der Waals surface area contributed by atoms with Crippen molar-refractivity contribution < 1.29 is 28.2 Å². The maximum atomic E-state index is 12.7. The molecule has 184 valence electrons. The highest BCUT2D eigenvalue weighted by atomic mass is 16.5. The Morgan fingerprint density at radius 2 is 1.53 bits per heavy atom. The number of fused-ring (bicyclic) bond motifs is 1. The first kappa shape index (κ1) is 24.6. The van der Waals surface area contributed by atoms with E-state index in [-0.39, 0.29) is 11.7 Å². The Morgan fingerprint density at radius 1 is 0.833 bits per heavy atom. The van der Waals surface area contributed by atoms with Crippen LogP contribution in [0.2, 0.25) is 0 Å². The number of rotatable bonds is 8. The van der Waals surface area contributed by atoms with Crippen LogP contribution in [-0.2, 0) is 4.79 Å². The van der Waals surface area contributed by atoms with Crippen molar-refractivity contribution >= 4 is 33.9 Å². The standard InChI is InChI=1S/C29H27NO6/c1-17(12-29(32)30-21-9-6-19(7-10-21)18(2)31)22-14-23-24(16-36-27(23)15-26(22)34-4)20-8-11-25(33-3)28(13-20)35-5/h6-16H,1-5H3,(H,30,32)/b17-12+. The summed E-state index contributed by atoms with van der Waals surface area (Å²) >= 11 is 0. The molecule has 7 heteroatoms. The van der Waals surface area contributed by atoms with Crippen LogP contribution < -0.4 is 19.5 Å². The summed E-state index contributed by atoms with van der Waals surface area (Å²) in [6.45, 7) is 3.35. The maximum Gasteiger partial charge on any atom is 0.248 e. The third-order valence-electron chi connectivity index (χ3n) is 5.92. The monoisotopic (exact) mass is 485 g/mol. The Kier molecular flexibility index (Phi) is 7.10. The number of allylic oxidation sites excluding steroid dienone is 1. The molecule has 0 aliphatic heterocycles. The number of hydrogen-bond donors (Lipinski definition) is 1. The minimum atomic E-state index is -0.294. The van der Waals surface area contributed by atoms with E-state index in [1.54, 1.807) is 51.9 Å². The Hall–Kier alpha value is -4.52. The van der Waals surface area contributed by atoms with Gasteiger partial charge in [-0.1, -0.05) is 6.07 Å². The van der Waals surface area contributed by atoms with Crippen LogP contribution in [0.25, 0.3) is 27.7 Å². The van der Waals surface area contributed by atoms with Crippen LogP contribution in [0.4, 0.5) is 5.69 Å². The molecule has 0 atom stereocenters. The SMILES string of the molecule is COc1ccc(-c2coc3cc(OC)c(/C(C)=C/C(=O)Nc4ccc(C(C)=O)cc4)cc23)cc1OC. The fraction of sp³-hybridized carbons (Fsp3) is 0.172. The molecule has 0 radical (unpaired) electrons. The van der Waals surface area contributed by atoms with Crippen LogP contribution in [-0.4, -0.2) is 33.0 Å². The molecule has 36 heavy (non-hydrogen) atoms. The average Bonchev–Trinajstić information content (AvgIpc) is 3.30. The van der Waals surface area contributed by atoms with E-state index in [1.807, 2.05) is 37.3 Å². The van der Waals surface area contributed by atoms with Crippen LogP contribution in [0.15, 0.2) is 71.4 Å². The summed E-state index contributed by atoms with van der Waals surface area (Å²) in [6.07, 6.45) is 3.20. The van der Waals surface area contributed by atoms with Crippen LogP contribution in [0.5, 0.6) is 17.2 Å². The highest BCUT2D eigenvalue weighted by Crippen LogP contribution is 2.39. The van der Waals surface area contributed by atoms with Gasteiger partial charge in [0.15, 0.2) is 17.3 Å². The van der Waals surface area contributed by atoms with Crippen molar-refractivity contribution in [2.24, 2.45) is 0 Å². The zero-order valence-electron chi connectivity index (χ0n) is 20.8. The fourth-order valence-electron chi connectivity index (χ4n) is 4.00. The van der Waals surface area contributed by atoms with E-state index in [9.17, 15) is 9.59 Å². The van der Waals surface area contributed by atoms with Gasteiger partial charge in [0, 0.05) is 39.9 Å². The van der Waals surface area contributed by atoms with E-state index in [4.69, 9.17) is 18.6 Å². The smallest absolute Gasteiger partial charge is 0.248 e. The summed E-state index contributed by atoms with van der Waals surface area (Å²) < 4.78 is 22.2. The lowest BCUT2D eigenvalue weighted by Gasteiger charge is -2.11. The highest BCUT2D eigenvalue weighted by Gasteiger charge is 2.16. The molecule has 4 rings (SSSR count). The molecule has 0 fully saturated rings. The number of amides is 1. The lowest BCUT2D eigenvalue weighted by atomic mass is 9.99. The van der Waals surface area contributed by atoms with Gasteiger partial charge in [0.1, 0.15) is 11.3 Å². The maximum absolute atomic E-state index is 12.7. The number of hydrogen-bond acceptors (Lipinski definition) is 6. The van der Waals surface area contributed by atoms with Gasteiger partial charge in [0.05, 0.1) is 27.6 Å². The molecule has 3 aromatic carbocycles. The lowest BCUT2D eigenvalue weighted by Crippen LogP contribution is -2.09. The van der Waals surface area contributed by atoms with Crippen molar-refractivity contribution in [3.8, 4) is 28.4 Å². The molecule has 0 saturated carbocycles. The number of benzene rings is 3. The summed E-state index contributed by atoms with van der Waals surface area (Å²) in [5.41, 5.74) is 5.09. The van der Waals surface area contributed by atoms with E-state index in [0.717, 1.165) is 22.1 Å². The summed E-state index contributed by atoms with van der Waals surface area (Å²) in [6, 6.07) is 16.2. The predicted molar refractivity (Wildman–Crippen MR) is 140 cm³/mol. The molecule has 1 aromatic heterocycles. The van der Waals surface area contributed by atoms with Crippen molar-refractivity contribution in [2.75, 3.05) is 26.6 Å². The van der Waals surface area contributed by atoms with Crippen molar-refractivity contribution in [1.29, 1.82) is 0 Å². The molecular formula is C29H27NO6. The summed E-state index contributed by atoms with van der Waals surface area (Å²) in [5, 5.41) is 3.69. The second-order valence-corrected chi connectivity index (χ2v) is 8.22. The van der Waals surface area contributed by atoms with E-state index >= 15 is 0 Å². The third-order valence-corrected chi connectivity index (χ3v) is 5.92. The van der Waals surface area contributed by atoms with Gasteiger partial charge in [0.25, 0.3) is 0 Å². The van der Waals surface area contributed by atoms with Gasteiger partial charge < -0.3 is 23.9 Å². The average molecular weight is 486 g/mol. The largest absolute Gasteiger partial charge is 0.496 e. The van der Waals surface area contributed by atoms with Crippen LogP contribution in [0, 0.1) is 0 Å². The molecule has 0 aliphatic carbocycles. The Balaban J connectivity index is 1.68. The van der Waals surface area contributed by atoms with Crippen LogP contribution in [0.1, 0.15) is 29.8 Å². The molecular weight excluding hydrogens is 458 g/mol. The normalized spacial score (nSPS) is 11.3. The van der Waals surface area contributed by atoms with Gasteiger partial charge in [-0.2, -0.15) is 0 Å². The topological polar surface area (TPSA) is 87.0 Å². The Bertz CT molecular complexity index is 1460. The fourth-order valence-corrected chi connectivity index (χ4v) is 4.00. The first-order valence-corrected chi connectivity index (χ1v) is 11.3. The molecule has 0 saturated heterocycles. The molecule has 4 aromatic rings. The number of furan rings is 1. The molecule has 0 unspecified atom stereocenters. The van der Waals surface area contributed by atoms with Gasteiger partial charge in [0.2, 0.25) is 5.91 Å². The van der Waals surface area contributed by atoms with Gasteiger partial charge >= 0.3 is 0 Å². The molecule has 1 N–H and O–H groups in total. The minimum Gasteiger partial charge on any atom is -0.496 e. The van der Waals surface area contributed by atoms with Crippen molar-refractivity contribution in [1.82, 2.24) is 0 Å². The van der Waals surface area contributed by atoms with E-state index < -0.39 is 0 Å². The Morgan fingerprint density at radius 3 is 2.17 bits per heavy atom. The zero-order valence-corrected chi connectivity index (χ0v) is 20.8. The van der Waals surface area contributed by atoms with Crippen molar-refractivity contribution in [3.05, 3.63) is 78.1 Å². The summed E-state index contributed by atoms with van der Waals surface area (Å²) in [5.74, 6) is 1.51. The van der Waals surface area contributed by atoms with Gasteiger partial charge in [-0.05, 0) is 67.4 Å². The summed E-state index contributed by atoms with van der Waals surface area (Å²) in [4.78, 5) is 24.2. The molecule has 0 bridgehead atoms. The van der Waals surface area contributed by atoms with E-state index in [0.29, 0.717) is 39.7 Å². The number of nitrogens with one attached hydrogen (secondary N) is 1. The molecule has 1 heterocycles. The minimum absolute atomic E-state index is 0.0298. The molecule has 1 amide bonds. The molecule has 0 aliphatic rings. The number of anilines is 1. The molecule has 7 nitrogen and oxygen atoms in total.